The lowest BCUT2D eigenvalue weighted by Gasteiger charge is -2.25. The monoisotopic (exact) mass is 419 g/mol. The first-order valence-electron chi connectivity index (χ1n) is 7.69. The number of sulfonamides is 1. The molecule has 0 fully saturated rings. The van der Waals surface area contributed by atoms with Gasteiger partial charge in [-0.25, -0.2) is 22.6 Å². The van der Waals surface area contributed by atoms with Crippen LogP contribution < -0.4 is 5.32 Å². The van der Waals surface area contributed by atoms with Gasteiger partial charge in [0.25, 0.3) is 0 Å². The van der Waals surface area contributed by atoms with E-state index in [9.17, 15) is 17.6 Å². The van der Waals surface area contributed by atoms with Crippen molar-refractivity contribution in [2.24, 2.45) is 0 Å². The second-order valence-electron chi connectivity index (χ2n) is 5.40. The first kappa shape index (κ1) is 19.0. The zero-order valence-corrected chi connectivity index (χ0v) is 16.0. The molecule has 0 radical (unpaired) electrons. The molecule has 0 atom stereocenters. The lowest BCUT2D eigenvalue weighted by molar-refractivity contribution is 0.168. The predicted molar refractivity (Wildman–Crippen MR) is 95.5 cm³/mol. The molecule has 0 unspecified atom stereocenters. The number of nitrogens with zero attached hydrogens (tertiary/aromatic N) is 2. The Kier molecular flexibility index (Phi) is 5.47. The van der Waals surface area contributed by atoms with E-state index in [1.807, 2.05) is 0 Å². The van der Waals surface area contributed by atoms with Crippen LogP contribution in [0, 0.1) is 5.82 Å². The number of hydrogen-bond donors (Lipinski definition) is 1. The lowest BCUT2D eigenvalue weighted by Crippen LogP contribution is -2.35. The highest BCUT2D eigenvalue weighted by Crippen LogP contribution is 2.32. The lowest BCUT2D eigenvalue weighted by atomic mass is 10.2. The van der Waals surface area contributed by atoms with Gasteiger partial charge in [-0.15, -0.1) is 0 Å². The molecule has 1 N–H and O–H groups in total. The molecule has 2 aromatic rings. The number of rotatable bonds is 4. The number of aromatic nitrogens is 1. The van der Waals surface area contributed by atoms with Crippen LogP contribution >= 0.6 is 22.9 Å². The second kappa shape index (κ2) is 7.47. The van der Waals surface area contributed by atoms with Crippen LogP contribution in [0.25, 0.3) is 0 Å². The van der Waals surface area contributed by atoms with Crippen LogP contribution in [0.5, 0.6) is 0 Å². The Morgan fingerprint density at radius 2 is 2.27 bits per heavy atom. The molecule has 7 nitrogen and oxygen atoms in total. The molecule has 0 bridgehead atoms. The van der Waals surface area contributed by atoms with Gasteiger partial charge in [0.1, 0.15) is 5.82 Å². The molecule has 1 aliphatic heterocycles. The summed E-state index contributed by atoms with van der Waals surface area (Å²) in [5.74, 6) is -0.677. The number of carbonyl (C=O) groups excluding carboxylic acids is 1. The Morgan fingerprint density at radius 1 is 1.50 bits per heavy atom. The minimum atomic E-state index is -3.82. The summed E-state index contributed by atoms with van der Waals surface area (Å²) >= 11 is 6.89. The first-order valence-corrected chi connectivity index (χ1v) is 10.3. The van der Waals surface area contributed by atoms with Crippen molar-refractivity contribution in [2.75, 3.05) is 18.5 Å². The van der Waals surface area contributed by atoms with E-state index in [0.717, 1.165) is 22.7 Å². The number of amides is 1. The number of nitrogens with one attached hydrogen (secondary N) is 1. The number of carbonyl (C=O) groups is 1. The van der Waals surface area contributed by atoms with Crippen molar-refractivity contribution in [3.63, 3.8) is 0 Å². The zero-order valence-electron chi connectivity index (χ0n) is 13.7. The van der Waals surface area contributed by atoms with Crippen LogP contribution in [-0.4, -0.2) is 37.0 Å². The maximum Gasteiger partial charge on any atom is 0.413 e. The van der Waals surface area contributed by atoms with E-state index in [1.54, 1.807) is 6.92 Å². The first-order chi connectivity index (χ1) is 12.3. The van der Waals surface area contributed by atoms with Gasteiger partial charge in [-0.3, -0.25) is 5.32 Å². The van der Waals surface area contributed by atoms with E-state index in [4.69, 9.17) is 16.3 Å². The Morgan fingerprint density at radius 3 is 2.96 bits per heavy atom. The molecule has 0 saturated carbocycles. The molecule has 1 aromatic carbocycles. The van der Waals surface area contributed by atoms with Gasteiger partial charge in [-0.2, -0.15) is 4.31 Å². The summed E-state index contributed by atoms with van der Waals surface area (Å²) in [7, 11) is -3.82. The van der Waals surface area contributed by atoms with Crippen molar-refractivity contribution >= 4 is 44.2 Å². The van der Waals surface area contributed by atoms with Crippen LogP contribution in [0.1, 0.15) is 17.5 Å². The Balaban J connectivity index is 1.80. The van der Waals surface area contributed by atoms with Crippen LogP contribution in [0.2, 0.25) is 5.02 Å². The summed E-state index contributed by atoms with van der Waals surface area (Å²) in [6.45, 7) is 2.28. The molecule has 140 valence electrons. The van der Waals surface area contributed by atoms with Crippen LogP contribution in [0.15, 0.2) is 23.1 Å². The van der Waals surface area contributed by atoms with Crippen molar-refractivity contribution in [1.82, 2.24) is 9.29 Å². The van der Waals surface area contributed by atoms with E-state index in [1.165, 1.54) is 21.7 Å². The summed E-state index contributed by atoms with van der Waals surface area (Å²) in [6.07, 6.45) is -0.200. The molecule has 1 aliphatic rings. The number of halogens is 2. The number of ether oxygens (including phenoxy) is 1. The number of hydrogen-bond acceptors (Lipinski definition) is 6. The molecule has 1 amide bonds. The third-order valence-electron chi connectivity index (χ3n) is 3.71. The largest absolute Gasteiger partial charge is 0.450 e. The van der Waals surface area contributed by atoms with Gasteiger partial charge in [0.05, 0.1) is 28.8 Å². The van der Waals surface area contributed by atoms with Crippen molar-refractivity contribution in [2.45, 2.75) is 24.8 Å². The summed E-state index contributed by atoms with van der Waals surface area (Å²) in [5, 5.41) is 2.63. The summed E-state index contributed by atoms with van der Waals surface area (Å²) in [6, 6.07) is 3.31. The van der Waals surface area contributed by atoms with E-state index >= 15 is 0 Å². The van der Waals surface area contributed by atoms with Crippen molar-refractivity contribution in [1.29, 1.82) is 0 Å². The molecule has 2 heterocycles. The van der Waals surface area contributed by atoms with E-state index in [0.29, 0.717) is 11.6 Å². The second-order valence-corrected chi connectivity index (χ2v) is 8.83. The van der Waals surface area contributed by atoms with Gasteiger partial charge >= 0.3 is 6.09 Å². The van der Waals surface area contributed by atoms with Gasteiger partial charge in [0.15, 0.2) is 5.13 Å². The van der Waals surface area contributed by atoms with Gasteiger partial charge in [0.2, 0.25) is 10.0 Å². The fourth-order valence-electron chi connectivity index (χ4n) is 2.47. The third kappa shape index (κ3) is 3.83. The number of thiazole rings is 1. The van der Waals surface area contributed by atoms with Crippen molar-refractivity contribution in [3.8, 4) is 0 Å². The topological polar surface area (TPSA) is 88.6 Å². The Hall–Kier alpha value is -1.75. The quantitative estimate of drug-likeness (QED) is 0.821. The Bertz CT molecular complexity index is 948. The summed E-state index contributed by atoms with van der Waals surface area (Å²) in [5.41, 5.74) is 0.741. The molecule has 0 saturated heterocycles. The maximum atomic E-state index is 13.3. The number of benzene rings is 1. The molecular weight excluding hydrogens is 405 g/mol. The molecule has 3 rings (SSSR count). The van der Waals surface area contributed by atoms with Crippen molar-refractivity contribution < 1.29 is 22.3 Å². The number of fused-ring (bicyclic) bond motifs is 1. The van der Waals surface area contributed by atoms with Gasteiger partial charge in [-0.1, -0.05) is 22.9 Å². The molecule has 11 heteroatoms. The summed E-state index contributed by atoms with van der Waals surface area (Å²) < 4.78 is 44.9. The van der Waals surface area contributed by atoms with Gasteiger partial charge in [-0.05, 0) is 25.1 Å². The highest BCUT2D eigenvalue weighted by atomic mass is 35.5. The highest BCUT2D eigenvalue weighted by molar-refractivity contribution is 7.89. The fraction of sp³-hybridized carbons (Fsp3) is 0.333. The fourth-order valence-corrected chi connectivity index (χ4v) is 5.24. The summed E-state index contributed by atoms with van der Waals surface area (Å²) in [4.78, 5) is 16.4. The van der Waals surface area contributed by atoms with Crippen LogP contribution in [0.4, 0.5) is 14.3 Å². The predicted octanol–water partition coefficient (Wildman–Crippen LogP) is 3.25. The highest BCUT2D eigenvalue weighted by Gasteiger charge is 2.31. The van der Waals surface area contributed by atoms with Crippen LogP contribution in [-0.2, 0) is 27.7 Å². The van der Waals surface area contributed by atoms with Gasteiger partial charge < -0.3 is 4.74 Å². The van der Waals surface area contributed by atoms with Crippen LogP contribution in [0.3, 0.4) is 0 Å². The van der Waals surface area contributed by atoms with E-state index in [-0.39, 0.29) is 29.6 Å². The SMILES string of the molecule is CCOC(=O)Nc1nc2c(s1)CN(S(=O)(=O)c1ccc(F)c(Cl)c1)CC2. The molecule has 0 spiro atoms. The normalized spacial score (nSPS) is 14.7. The molecule has 0 aliphatic carbocycles. The third-order valence-corrected chi connectivity index (χ3v) is 6.84. The zero-order chi connectivity index (χ0) is 18.9. The molecule has 1 aromatic heterocycles. The van der Waals surface area contributed by atoms with Crippen molar-refractivity contribution in [3.05, 3.63) is 39.6 Å². The average molecular weight is 420 g/mol. The van der Waals surface area contributed by atoms with Gasteiger partial charge in [0, 0.05) is 17.8 Å². The minimum Gasteiger partial charge on any atom is -0.450 e. The number of anilines is 1. The maximum absolute atomic E-state index is 13.3. The smallest absolute Gasteiger partial charge is 0.413 e. The molecular formula is C15H15ClFN3O4S2. The standard InChI is InChI=1S/C15H15ClFN3O4S2/c1-2-24-15(21)19-14-18-12-5-6-20(8-13(12)25-14)26(22,23)9-3-4-11(17)10(16)7-9/h3-4,7H,2,5-6,8H2,1H3,(H,18,19,21). The average Bonchev–Trinajstić information content (AvgIpc) is 2.98. The molecule has 26 heavy (non-hydrogen) atoms. The minimum absolute atomic E-state index is 0.0678. The Labute approximate surface area is 158 Å². The van der Waals surface area contributed by atoms with E-state index < -0.39 is 21.9 Å². The van der Waals surface area contributed by atoms with E-state index in [2.05, 4.69) is 10.3 Å².